The Kier molecular flexibility index (Phi) is 4.61. The number of thiazole rings is 1. The van der Waals surface area contributed by atoms with Gasteiger partial charge in [0.15, 0.2) is 9.84 Å². The molecular formula is C16H20N2O2S2. The summed E-state index contributed by atoms with van der Waals surface area (Å²) in [6.07, 6.45) is 5.13. The summed E-state index contributed by atoms with van der Waals surface area (Å²) in [5, 5.41) is 3.18. The van der Waals surface area contributed by atoms with Crippen molar-refractivity contribution in [3.05, 3.63) is 34.7 Å². The van der Waals surface area contributed by atoms with Gasteiger partial charge < -0.3 is 0 Å². The average molecular weight is 336 g/mol. The molecule has 0 radical (unpaired) electrons. The molecule has 4 nitrogen and oxygen atoms in total. The second kappa shape index (κ2) is 6.48. The molecule has 1 fully saturated rings. The van der Waals surface area contributed by atoms with Crippen LogP contribution in [0.25, 0.3) is 11.3 Å². The summed E-state index contributed by atoms with van der Waals surface area (Å²) >= 11 is 1.68. The van der Waals surface area contributed by atoms with E-state index in [-0.39, 0.29) is 0 Å². The Bertz CT molecular complexity index is 730. The molecule has 22 heavy (non-hydrogen) atoms. The quantitative estimate of drug-likeness (QED) is 0.860. The van der Waals surface area contributed by atoms with Gasteiger partial charge in [-0.2, -0.15) is 0 Å². The summed E-state index contributed by atoms with van der Waals surface area (Å²) in [4.78, 5) is 7.50. The van der Waals surface area contributed by atoms with Crippen LogP contribution in [0.1, 0.15) is 24.3 Å². The first-order chi connectivity index (χ1) is 10.5. The van der Waals surface area contributed by atoms with Gasteiger partial charge in [0.2, 0.25) is 0 Å². The van der Waals surface area contributed by atoms with Crippen LogP contribution in [0.15, 0.2) is 34.5 Å². The maximum absolute atomic E-state index is 11.5. The van der Waals surface area contributed by atoms with Gasteiger partial charge in [-0.25, -0.2) is 13.4 Å². The Labute approximate surface area is 135 Å². The van der Waals surface area contributed by atoms with Crippen molar-refractivity contribution in [2.75, 3.05) is 19.3 Å². The molecule has 1 aromatic heterocycles. The number of benzene rings is 1. The number of piperidine rings is 1. The minimum atomic E-state index is -3.14. The highest BCUT2D eigenvalue weighted by molar-refractivity contribution is 7.90. The van der Waals surface area contributed by atoms with Crippen molar-refractivity contribution in [3.8, 4) is 11.3 Å². The third-order valence-corrected chi connectivity index (χ3v) is 5.90. The summed E-state index contributed by atoms with van der Waals surface area (Å²) in [7, 11) is -3.14. The topological polar surface area (TPSA) is 50.3 Å². The Morgan fingerprint density at radius 2 is 1.82 bits per heavy atom. The van der Waals surface area contributed by atoms with Crippen LogP contribution < -0.4 is 0 Å². The van der Waals surface area contributed by atoms with Gasteiger partial charge >= 0.3 is 0 Å². The van der Waals surface area contributed by atoms with Gasteiger partial charge in [-0.05, 0) is 38.1 Å². The molecule has 0 N–H and O–H groups in total. The maximum Gasteiger partial charge on any atom is 0.175 e. The molecule has 3 rings (SSSR count). The predicted octanol–water partition coefficient (Wildman–Crippen LogP) is 3.20. The van der Waals surface area contributed by atoms with Crippen LogP contribution in [0.3, 0.4) is 0 Å². The summed E-state index contributed by atoms with van der Waals surface area (Å²) in [5.74, 6) is 0. The standard InChI is InChI=1S/C16H20N2O2S2/c1-22(19,20)14-7-5-13(6-8-14)15-12-21-16(17-15)11-18-9-3-2-4-10-18/h5-8,12H,2-4,9-11H2,1H3. The van der Waals surface area contributed by atoms with Gasteiger partial charge in [-0.3, -0.25) is 4.90 Å². The lowest BCUT2D eigenvalue weighted by Gasteiger charge is -2.25. The second-order valence-corrected chi connectivity index (χ2v) is 8.72. The highest BCUT2D eigenvalue weighted by Gasteiger charge is 2.13. The fraction of sp³-hybridized carbons (Fsp3) is 0.438. The smallest absolute Gasteiger partial charge is 0.175 e. The largest absolute Gasteiger partial charge is 0.297 e. The van der Waals surface area contributed by atoms with Gasteiger partial charge in [-0.1, -0.05) is 18.6 Å². The minimum Gasteiger partial charge on any atom is -0.297 e. The normalized spacial score (nSPS) is 16.8. The van der Waals surface area contributed by atoms with Gasteiger partial charge in [-0.15, -0.1) is 11.3 Å². The molecule has 2 aromatic rings. The van der Waals surface area contributed by atoms with Crippen molar-refractivity contribution >= 4 is 21.2 Å². The van der Waals surface area contributed by atoms with E-state index in [0.717, 1.165) is 35.9 Å². The van der Waals surface area contributed by atoms with E-state index in [1.54, 1.807) is 23.5 Å². The Morgan fingerprint density at radius 1 is 1.14 bits per heavy atom. The van der Waals surface area contributed by atoms with Crippen molar-refractivity contribution in [3.63, 3.8) is 0 Å². The zero-order valence-corrected chi connectivity index (χ0v) is 14.3. The number of hydrogen-bond acceptors (Lipinski definition) is 5. The molecule has 118 valence electrons. The molecule has 1 aromatic carbocycles. The molecule has 2 heterocycles. The molecular weight excluding hydrogens is 316 g/mol. The molecule has 0 spiro atoms. The van der Waals surface area contributed by atoms with Crippen LogP contribution in [0, 0.1) is 0 Å². The first kappa shape index (κ1) is 15.6. The van der Waals surface area contributed by atoms with Crippen LogP contribution in [-0.2, 0) is 16.4 Å². The molecule has 0 atom stereocenters. The summed E-state index contributed by atoms with van der Waals surface area (Å²) < 4.78 is 23.0. The van der Waals surface area contributed by atoms with E-state index < -0.39 is 9.84 Å². The molecule has 1 aliphatic rings. The van der Waals surface area contributed by atoms with E-state index >= 15 is 0 Å². The second-order valence-electron chi connectivity index (χ2n) is 5.76. The highest BCUT2D eigenvalue weighted by atomic mass is 32.2. The molecule has 0 aliphatic carbocycles. The predicted molar refractivity (Wildman–Crippen MR) is 89.8 cm³/mol. The molecule has 0 unspecified atom stereocenters. The lowest BCUT2D eigenvalue weighted by atomic mass is 10.1. The number of sulfone groups is 1. The Balaban J connectivity index is 1.73. The fourth-order valence-electron chi connectivity index (χ4n) is 2.70. The maximum atomic E-state index is 11.5. The van der Waals surface area contributed by atoms with Crippen molar-refractivity contribution < 1.29 is 8.42 Å². The van der Waals surface area contributed by atoms with Crippen molar-refractivity contribution in [2.45, 2.75) is 30.7 Å². The van der Waals surface area contributed by atoms with E-state index in [4.69, 9.17) is 4.98 Å². The van der Waals surface area contributed by atoms with Gasteiger partial charge in [0.05, 0.1) is 17.1 Å². The van der Waals surface area contributed by atoms with Crippen LogP contribution >= 0.6 is 11.3 Å². The monoisotopic (exact) mass is 336 g/mol. The van der Waals surface area contributed by atoms with Crippen molar-refractivity contribution in [2.24, 2.45) is 0 Å². The van der Waals surface area contributed by atoms with Crippen LogP contribution in [-0.4, -0.2) is 37.6 Å². The van der Waals surface area contributed by atoms with Crippen molar-refractivity contribution in [1.82, 2.24) is 9.88 Å². The zero-order chi connectivity index (χ0) is 15.6. The number of hydrogen-bond donors (Lipinski definition) is 0. The third kappa shape index (κ3) is 3.74. The first-order valence-electron chi connectivity index (χ1n) is 7.50. The average Bonchev–Trinajstić information content (AvgIpc) is 2.96. The summed E-state index contributed by atoms with van der Waals surface area (Å²) in [6, 6.07) is 6.95. The Morgan fingerprint density at radius 3 is 2.45 bits per heavy atom. The molecule has 1 aliphatic heterocycles. The van der Waals surface area contributed by atoms with E-state index in [2.05, 4.69) is 10.3 Å². The lowest BCUT2D eigenvalue weighted by Crippen LogP contribution is -2.28. The van der Waals surface area contributed by atoms with Gasteiger partial charge in [0, 0.05) is 17.2 Å². The number of aromatic nitrogens is 1. The minimum absolute atomic E-state index is 0.347. The summed E-state index contributed by atoms with van der Waals surface area (Å²) in [6.45, 7) is 3.25. The molecule has 0 amide bonds. The van der Waals surface area contributed by atoms with E-state index in [0.29, 0.717) is 4.90 Å². The SMILES string of the molecule is CS(=O)(=O)c1ccc(-c2csc(CN3CCCCC3)n2)cc1. The number of nitrogens with zero attached hydrogens (tertiary/aromatic N) is 2. The van der Waals surface area contributed by atoms with Gasteiger partial charge in [0.25, 0.3) is 0 Å². The molecule has 1 saturated heterocycles. The van der Waals surface area contributed by atoms with E-state index in [9.17, 15) is 8.42 Å². The number of rotatable bonds is 4. The van der Waals surface area contributed by atoms with E-state index in [1.807, 2.05) is 12.1 Å². The highest BCUT2D eigenvalue weighted by Crippen LogP contribution is 2.24. The molecule has 0 saturated carbocycles. The summed E-state index contributed by atoms with van der Waals surface area (Å²) in [5.41, 5.74) is 1.89. The molecule has 0 bridgehead atoms. The van der Waals surface area contributed by atoms with Crippen molar-refractivity contribution in [1.29, 1.82) is 0 Å². The number of likely N-dealkylation sites (tertiary alicyclic amines) is 1. The lowest BCUT2D eigenvalue weighted by molar-refractivity contribution is 0.220. The zero-order valence-electron chi connectivity index (χ0n) is 12.7. The third-order valence-electron chi connectivity index (χ3n) is 3.94. The Hall–Kier alpha value is -1.24. The van der Waals surface area contributed by atoms with Crippen LogP contribution in [0.4, 0.5) is 0 Å². The van der Waals surface area contributed by atoms with Gasteiger partial charge in [0.1, 0.15) is 5.01 Å². The van der Waals surface area contributed by atoms with Crippen LogP contribution in [0.5, 0.6) is 0 Å². The first-order valence-corrected chi connectivity index (χ1v) is 10.3. The van der Waals surface area contributed by atoms with E-state index in [1.165, 1.54) is 25.5 Å². The molecule has 6 heteroatoms. The van der Waals surface area contributed by atoms with Crippen LogP contribution in [0.2, 0.25) is 0 Å². The fourth-order valence-corrected chi connectivity index (χ4v) is 4.17.